The van der Waals surface area contributed by atoms with Crippen LogP contribution < -0.4 is 5.32 Å². The Labute approximate surface area is 84.1 Å². The molecule has 1 heterocycles. The van der Waals surface area contributed by atoms with Crippen LogP contribution in [0.15, 0.2) is 12.3 Å². The molecular formula is C8H10F3N3O. The van der Waals surface area contributed by atoms with Gasteiger partial charge >= 0.3 is 6.18 Å². The molecule has 1 aromatic rings. The van der Waals surface area contributed by atoms with E-state index in [1.54, 1.807) is 0 Å². The van der Waals surface area contributed by atoms with Gasteiger partial charge in [-0.3, -0.25) is 9.48 Å². The van der Waals surface area contributed by atoms with Gasteiger partial charge in [0.05, 0.1) is 6.54 Å². The zero-order chi connectivity index (χ0) is 11.5. The highest BCUT2D eigenvalue weighted by Gasteiger charge is 2.33. The zero-order valence-corrected chi connectivity index (χ0v) is 8.01. The summed E-state index contributed by atoms with van der Waals surface area (Å²) in [5, 5.41) is 5.78. The standard InChI is InChI=1S/C8H10F3N3O/c1-6(15)12-3-5-14-4-2-7(13-14)8(9,10)11/h2,4H,3,5H2,1H3,(H,12,15). The van der Waals surface area contributed by atoms with Gasteiger partial charge in [-0.1, -0.05) is 0 Å². The fraction of sp³-hybridized carbons (Fsp3) is 0.500. The van der Waals surface area contributed by atoms with Crippen molar-refractivity contribution in [2.45, 2.75) is 19.6 Å². The predicted molar refractivity (Wildman–Crippen MR) is 45.9 cm³/mol. The SMILES string of the molecule is CC(=O)NCCn1ccc(C(F)(F)F)n1. The largest absolute Gasteiger partial charge is 0.435 e. The van der Waals surface area contributed by atoms with Crippen molar-refractivity contribution in [3.05, 3.63) is 18.0 Å². The molecule has 0 saturated heterocycles. The molecule has 0 bridgehead atoms. The van der Waals surface area contributed by atoms with Gasteiger partial charge in [0.2, 0.25) is 5.91 Å². The number of halogens is 3. The zero-order valence-electron chi connectivity index (χ0n) is 8.01. The van der Waals surface area contributed by atoms with Crippen LogP contribution in [0.3, 0.4) is 0 Å². The summed E-state index contributed by atoms with van der Waals surface area (Å²) in [6.07, 6.45) is -3.19. The molecule has 1 N–H and O–H groups in total. The Bertz CT molecular complexity index is 345. The molecule has 0 aliphatic heterocycles. The van der Waals surface area contributed by atoms with Gasteiger partial charge in [-0.15, -0.1) is 0 Å². The molecule has 4 nitrogen and oxygen atoms in total. The van der Waals surface area contributed by atoms with Gasteiger partial charge in [-0.2, -0.15) is 18.3 Å². The molecule has 7 heteroatoms. The lowest BCUT2D eigenvalue weighted by molar-refractivity contribution is -0.141. The van der Waals surface area contributed by atoms with Gasteiger partial charge < -0.3 is 5.32 Å². The predicted octanol–water partition coefficient (Wildman–Crippen LogP) is 1.04. The third-order valence-electron chi connectivity index (χ3n) is 1.65. The first kappa shape index (κ1) is 11.5. The maximum Gasteiger partial charge on any atom is 0.435 e. The van der Waals surface area contributed by atoms with E-state index in [9.17, 15) is 18.0 Å². The lowest BCUT2D eigenvalue weighted by Crippen LogP contribution is -2.24. The van der Waals surface area contributed by atoms with Crippen LogP contribution in [0.25, 0.3) is 0 Å². The number of carbonyl (C=O) groups is 1. The molecule has 1 rings (SSSR count). The summed E-state index contributed by atoms with van der Waals surface area (Å²) >= 11 is 0. The van der Waals surface area contributed by atoms with Gasteiger partial charge in [0, 0.05) is 19.7 Å². The van der Waals surface area contributed by atoms with E-state index in [0.717, 1.165) is 10.7 Å². The third kappa shape index (κ3) is 3.61. The van der Waals surface area contributed by atoms with Gasteiger partial charge in [0.15, 0.2) is 5.69 Å². The van der Waals surface area contributed by atoms with Crippen LogP contribution in [-0.4, -0.2) is 22.2 Å². The average Bonchev–Trinajstić information content (AvgIpc) is 2.51. The molecule has 0 spiro atoms. The lowest BCUT2D eigenvalue weighted by atomic mass is 10.4. The molecule has 0 aliphatic carbocycles. The first-order valence-electron chi connectivity index (χ1n) is 4.24. The summed E-state index contributed by atoms with van der Waals surface area (Å²) in [5.41, 5.74) is -0.926. The Morgan fingerprint density at radius 1 is 1.60 bits per heavy atom. The van der Waals surface area contributed by atoms with Crippen molar-refractivity contribution in [2.75, 3.05) is 6.54 Å². The minimum atomic E-state index is -4.42. The Hall–Kier alpha value is -1.53. The Balaban J connectivity index is 2.50. The Kier molecular flexibility index (Phi) is 3.33. The highest BCUT2D eigenvalue weighted by molar-refractivity contribution is 5.72. The van der Waals surface area contributed by atoms with Crippen LogP contribution in [-0.2, 0) is 17.5 Å². The van der Waals surface area contributed by atoms with Crippen molar-refractivity contribution < 1.29 is 18.0 Å². The van der Waals surface area contributed by atoms with Crippen LogP contribution >= 0.6 is 0 Å². The third-order valence-corrected chi connectivity index (χ3v) is 1.65. The minimum Gasteiger partial charge on any atom is -0.354 e. The van der Waals surface area contributed by atoms with E-state index < -0.39 is 11.9 Å². The molecule has 0 atom stereocenters. The van der Waals surface area contributed by atoms with Crippen LogP contribution in [0, 0.1) is 0 Å². The van der Waals surface area contributed by atoms with E-state index in [1.165, 1.54) is 13.1 Å². The summed E-state index contributed by atoms with van der Waals surface area (Å²) in [5.74, 6) is -0.224. The molecule has 0 fully saturated rings. The van der Waals surface area contributed by atoms with E-state index in [4.69, 9.17) is 0 Å². The monoisotopic (exact) mass is 221 g/mol. The fourth-order valence-corrected chi connectivity index (χ4v) is 0.984. The van der Waals surface area contributed by atoms with Crippen molar-refractivity contribution in [1.82, 2.24) is 15.1 Å². The highest BCUT2D eigenvalue weighted by Crippen LogP contribution is 2.26. The topological polar surface area (TPSA) is 46.9 Å². The number of nitrogens with one attached hydrogen (secondary N) is 1. The minimum absolute atomic E-state index is 0.218. The second-order valence-corrected chi connectivity index (χ2v) is 2.94. The molecule has 84 valence electrons. The van der Waals surface area contributed by atoms with Gasteiger partial charge in [-0.25, -0.2) is 0 Å². The summed E-state index contributed by atoms with van der Waals surface area (Å²) in [6.45, 7) is 1.81. The van der Waals surface area contributed by atoms with E-state index in [0.29, 0.717) is 0 Å². The first-order chi connectivity index (χ1) is 6.89. The van der Waals surface area contributed by atoms with Gasteiger partial charge in [-0.05, 0) is 6.07 Å². The lowest BCUT2D eigenvalue weighted by Gasteiger charge is -2.03. The molecule has 0 unspecified atom stereocenters. The molecular weight excluding hydrogens is 211 g/mol. The average molecular weight is 221 g/mol. The summed E-state index contributed by atoms with van der Waals surface area (Å²) in [4.78, 5) is 10.5. The van der Waals surface area contributed by atoms with Crippen LogP contribution in [0.1, 0.15) is 12.6 Å². The normalized spacial score (nSPS) is 11.5. The summed E-state index contributed by atoms with van der Waals surface area (Å²) < 4.78 is 37.5. The molecule has 1 amide bonds. The molecule has 0 radical (unpaired) electrons. The Morgan fingerprint density at radius 3 is 2.73 bits per heavy atom. The second kappa shape index (κ2) is 4.33. The first-order valence-corrected chi connectivity index (χ1v) is 4.24. The van der Waals surface area contributed by atoms with E-state index in [-0.39, 0.29) is 19.0 Å². The van der Waals surface area contributed by atoms with Crippen LogP contribution in [0.4, 0.5) is 13.2 Å². The maximum absolute atomic E-state index is 12.1. The quantitative estimate of drug-likeness (QED) is 0.828. The van der Waals surface area contributed by atoms with E-state index in [2.05, 4.69) is 10.4 Å². The number of rotatable bonds is 3. The molecule has 15 heavy (non-hydrogen) atoms. The van der Waals surface area contributed by atoms with Crippen molar-refractivity contribution in [3.8, 4) is 0 Å². The van der Waals surface area contributed by atoms with Crippen molar-refractivity contribution in [1.29, 1.82) is 0 Å². The maximum atomic E-state index is 12.1. The smallest absolute Gasteiger partial charge is 0.354 e. The molecule has 0 saturated carbocycles. The highest BCUT2D eigenvalue weighted by atomic mass is 19.4. The van der Waals surface area contributed by atoms with E-state index >= 15 is 0 Å². The van der Waals surface area contributed by atoms with Crippen LogP contribution in [0.5, 0.6) is 0 Å². The summed E-state index contributed by atoms with van der Waals surface area (Å²) in [7, 11) is 0. The van der Waals surface area contributed by atoms with Gasteiger partial charge in [0.25, 0.3) is 0 Å². The number of hydrogen-bond donors (Lipinski definition) is 1. The van der Waals surface area contributed by atoms with Crippen molar-refractivity contribution >= 4 is 5.91 Å². The second-order valence-electron chi connectivity index (χ2n) is 2.94. The number of nitrogens with zero attached hydrogens (tertiary/aromatic N) is 2. The van der Waals surface area contributed by atoms with Gasteiger partial charge in [0.1, 0.15) is 0 Å². The van der Waals surface area contributed by atoms with Crippen molar-refractivity contribution in [3.63, 3.8) is 0 Å². The van der Waals surface area contributed by atoms with E-state index in [1.807, 2.05) is 0 Å². The summed E-state index contributed by atoms with van der Waals surface area (Å²) in [6, 6.07) is 0.897. The number of alkyl halides is 3. The molecule has 0 aliphatic rings. The fourth-order valence-electron chi connectivity index (χ4n) is 0.984. The number of carbonyl (C=O) groups excluding carboxylic acids is 1. The van der Waals surface area contributed by atoms with Crippen molar-refractivity contribution in [2.24, 2.45) is 0 Å². The number of amides is 1. The number of hydrogen-bond acceptors (Lipinski definition) is 2. The molecule has 1 aromatic heterocycles. The van der Waals surface area contributed by atoms with Crippen LogP contribution in [0.2, 0.25) is 0 Å². The molecule has 0 aromatic carbocycles. The number of aromatic nitrogens is 2. The Morgan fingerprint density at radius 2 is 2.27 bits per heavy atom.